The van der Waals surface area contributed by atoms with Gasteiger partial charge in [-0.05, 0) is 44.2 Å². The molecule has 0 bridgehead atoms. The Labute approximate surface area is 131 Å². The first-order valence-electron chi connectivity index (χ1n) is 7.39. The lowest BCUT2D eigenvalue weighted by Crippen LogP contribution is -2.45. The Kier molecular flexibility index (Phi) is 4.84. The van der Waals surface area contributed by atoms with E-state index in [2.05, 4.69) is 5.32 Å². The maximum absolute atomic E-state index is 12.8. The van der Waals surface area contributed by atoms with Crippen LogP contribution in [0.25, 0.3) is 0 Å². The van der Waals surface area contributed by atoms with Crippen LogP contribution in [-0.4, -0.2) is 28.4 Å². The second kappa shape index (κ2) is 6.35. The normalized spacial score (nSPS) is 25.2. The number of hydrogen-bond acceptors (Lipinski definition) is 4. The number of nitro groups is 1. The lowest BCUT2D eigenvalue weighted by atomic mass is 9.77. The number of alkyl halides is 3. The average Bonchev–Trinajstić information content (AvgIpc) is 2.45. The highest BCUT2D eigenvalue weighted by Gasteiger charge is 2.46. The molecule has 1 fully saturated rings. The van der Waals surface area contributed by atoms with E-state index in [1.807, 2.05) is 0 Å². The first-order chi connectivity index (χ1) is 10.6. The van der Waals surface area contributed by atoms with Gasteiger partial charge in [0.15, 0.2) is 0 Å². The number of nitrogens with one attached hydrogen (secondary N) is 1. The van der Waals surface area contributed by atoms with E-state index in [-0.39, 0.29) is 43.6 Å². The molecule has 5 nitrogen and oxygen atoms in total. The van der Waals surface area contributed by atoms with Crippen LogP contribution in [0.5, 0.6) is 0 Å². The van der Waals surface area contributed by atoms with Crippen molar-refractivity contribution >= 4 is 11.4 Å². The first kappa shape index (κ1) is 17.5. The molecule has 0 spiro atoms. The Morgan fingerprint density at radius 3 is 2.78 bits per heavy atom. The molecular formula is C15H19F3N2O3. The fourth-order valence-corrected chi connectivity index (χ4v) is 2.98. The summed E-state index contributed by atoms with van der Waals surface area (Å²) in [6, 6.07) is 4.55. The second-order valence-corrected chi connectivity index (χ2v) is 6.19. The van der Waals surface area contributed by atoms with Gasteiger partial charge in [0.05, 0.1) is 16.4 Å². The van der Waals surface area contributed by atoms with E-state index in [0.29, 0.717) is 5.56 Å². The maximum atomic E-state index is 12.8. The molecule has 0 radical (unpaired) electrons. The highest BCUT2D eigenvalue weighted by atomic mass is 19.4. The topological polar surface area (TPSA) is 75.4 Å². The smallest absolute Gasteiger partial charge is 0.388 e. The summed E-state index contributed by atoms with van der Waals surface area (Å²) >= 11 is 0. The molecule has 0 heterocycles. The van der Waals surface area contributed by atoms with Crippen LogP contribution in [0.15, 0.2) is 18.2 Å². The molecule has 0 aliphatic heterocycles. The van der Waals surface area contributed by atoms with Gasteiger partial charge in [-0.2, -0.15) is 13.2 Å². The van der Waals surface area contributed by atoms with E-state index < -0.39 is 22.6 Å². The van der Waals surface area contributed by atoms with Crippen LogP contribution in [0.2, 0.25) is 0 Å². The SMILES string of the molecule is Cc1ccc(NCC2(O)CCCC(C(F)(F)F)C2)c([N+](=O)[O-])c1. The Bertz CT molecular complexity index is 592. The minimum absolute atomic E-state index is 0.0104. The monoisotopic (exact) mass is 332 g/mol. The molecule has 0 amide bonds. The molecule has 23 heavy (non-hydrogen) atoms. The van der Waals surface area contributed by atoms with Crippen molar-refractivity contribution in [3.63, 3.8) is 0 Å². The molecule has 2 N–H and O–H groups in total. The quantitative estimate of drug-likeness (QED) is 0.649. The molecule has 0 saturated heterocycles. The second-order valence-electron chi connectivity index (χ2n) is 6.19. The van der Waals surface area contributed by atoms with Crippen LogP contribution in [-0.2, 0) is 0 Å². The van der Waals surface area contributed by atoms with Crippen molar-refractivity contribution < 1.29 is 23.2 Å². The van der Waals surface area contributed by atoms with E-state index >= 15 is 0 Å². The van der Waals surface area contributed by atoms with Gasteiger partial charge in [0.2, 0.25) is 0 Å². The zero-order valence-electron chi connectivity index (χ0n) is 12.7. The number of anilines is 1. The Morgan fingerprint density at radius 1 is 1.48 bits per heavy atom. The molecule has 0 aromatic heterocycles. The summed E-state index contributed by atoms with van der Waals surface area (Å²) in [5.41, 5.74) is -0.771. The van der Waals surface area contributed by atoms with Crippen molar-refractivity contribution in [2.24, 2.45) is 5.92 Å². The maximum Gasteiger partial charge on any atom is 0.391 e. The number of benzene rings is 1. The van der Waals surface area contributed by atoms with Crippen molar-refractivity contribution in [1.82, 2.24) is 0 Å². The molecule has 1 aromatic carbocycles. The molecule has 8 heteroatoms. The number of nitro benzene ring substituents is 1. The van der Waals surface area contributed by atoms with Crippen molar-refractivity contribution in [1.29, 1.82) is 0 Å². The molecule has 1 aliphatic carbocycles. The van der Waals surface area contributed by atoms with Crippen molar-refractivity contribution in [3.05, 3.63) is 33.9 Å². The zero-order valence-corrected chi connectivity index (χ0v) is 12.7. The van der Waals surface area contributed by atoms with Gasteiger partial charge < -0.3 is 10.4 Å². The summed E-state index contributed by atoms with van der Waals surface area (Å²) in [6.07, 6.45) is -4.19. The van der Waals surface area contributed by atoms with Crippen molar-refractivity contribution in [2.45, 2.75) is 44.4 Å². The Hall–Kier alpha value is -1.83. The van der Waals surface area contributed by atoms with Gasteiger partial charge in [-0.15, -0.1) is 0 Å². The van der Waals surface area contributed by atoms with Gasteiger partial charge in [0.25, 0.3) is 5.69 Å². The van der Waals surface area contributed by atoms with Crippen LogP contribution >= 0.6 is 0 Å². The Balaban J connectivity index is 2.09. The standard InChI is InChI=1S/C15H19F3N2O3/c1-10-4-5-12(13(7-10)20(22)23)19-9-14(21)6-2-3-11(8-14)15(16,17)18/h4-5,7,11,19,21H,2-3,6,8-9H2,1H3. The van der Waals surface area contributed by atoms with Crippen LogP contribution < -0.4 is 5.32 Å². The Morgan fingerprint density at radius 2 is 2.17 bits per heavy atom. The zero-order chi connectivity index (χ0) is 17.3. The van der Waals surface area contributed by atoms with E-state index in [9.17, 15) is 28.4 Å². The first-order valence-corrected chi connectivity index (χ1v) is 7.39. The molecule has 2 atom stereocenters. The number of halogens is 3. The number of rotatable bonds is 4. The van der Waals surface area contributed by atoms with Crippen LogP contribution in [0.1, 0.15) is 31.2 Å². The lowest BCUT2D eigenvalue weighted by Gasteiger charge is -2.37. The minimum Gasteiger partial charge on any atom is -0.388 e. The highest BCUT2D eigenvalue weighted by molar-refractivity contribution is 5.62. The fourth-order valence-electron chi connectivity index (χ4n) is 2.98. The van der Waals surface area contributed by atoms with Crippen LogP contribution in [0.4, 0.5) is 24.5 Å². The summed E-state index contributed by atoms with van der Waals surface area (Å²) in [6.45, 7) is 1.56. The molecule has 2 rings (SSSR count). The summed E-state index contributed by atoms with van der Waals surface area (Å²) in [5.74, 6) is -1.53. The van der Waals surface area contributed by atoms with E-state index in [1.54, 1.807) is 13.0 Å². The van der Waals surface area contributed by atoms with Gasteiger partial charge >= 0.3 is 6.18 Å². The van der Waals surface area contributed by atoms with Gasteiger partial charge in [0, 0.05) is 12.6 Å². The molecule has 128 valence electrons. The predicted molar refractivity (Wildman–Crippen MR) is 79.3 cm³/mol. The van der Waals surface area contributed by atoms with Crippen LogP contribution in [0.3, 0.4) is 0 Å². The molecular weight excluding hydrogens is 313 g/mol. The lowest BCUT2D eigenvalue weighted by molar-refractivity contribution is -0.384. The highest BCUT2D eigenvalue weighted by Crippen LogP contribution is 2.42. The summed E-state index contributed by atoms with van der Waals surface area (Å²) < 4.78 is 38.5. The number of aliphatic hydroxyl groups is 1. The number of hydrogen-bond donors (Lipinski definition) is 2. The largest absolute Gasteiger partial charge is 0.391 e. The summed E-state index contributed by atoms with van der Waals surface area (Å²) in [4.78, 5) is 10.5. The average molecular weight is 332 g/mol. The summed E-state index contributed by atoms with van der Waals surface area (Å²) in [7, 11) is 0. The van der Waals surface area contributed by atoms with Gasteiger partial charge in [-0.1, -0.05) is 6.07 Å². The molecule has 1 aliphatic rings. The van der Waals surface area contributed by atoms with Gasteiger partial charge in [-0.3, -0.25) is 10.1 Å². The third-order valence-electron chi connectivity index (χ3n) is 4.24. The van der Waals surface area contributed by atoms with Gasteiger partial charge in [-0.25, -0.2) is 0 Å². The summed E-state index contributed by atoms with van der Waals surface area (Å²) in [5, 5.41) is 24.2. The predicted octanol–water partition coefficient (Wildman–Crippen LogP) is 3.80. The molecule has 1 saturated carbocycles. The van der Waals surface area contributed by atoms with Crippen molar-refractivity contribution in [3.8, 4) is 0 Å². The molecule has 1 aromatic rings. The van der Waals surface area contributed by atoms with E-state index in [1.165, 1.54) is 12.1 Å². The van der Waals surface area contributed by atoms with Gasteiger partial charge in [0.1, 0.15) is 5.69 Å². The van der Waals surface area contributed by atoms with Crippen molar-refractivity contribution in [2.75, 3.05) is 11.9 Å². The van der Waals surface area contributed by atoms with E-state index in [4.69, 9.17) is 0 Å². The molecule has 2 unspecified atom stereocenters. The fraction of sp³-hybridized carbons (Fsp3) is 0.600. The third kappa shape index (κ3) is 4.34. The third-order valence-corrected chi connectivity index (χ3v) is 4.24. The van der Waals surface area contributed by atoms with Crippen LogP contribution in [0, 0.1) is 23.0 Å². The number of aryl methyl sites for hydroxylation is 1. The van der Waals surface area contributed by atoms with E-state index in [0.717, 1.165) is 0 Å². The minimum atomic E-state index is -4.33. The number of nitrogens with zero attached hydrogens (tertiary/aromatic N) is 1.